The van der Waals surface area contributed by atoms with E-state index < -0.39 is 13.1 Å². The standard InChI is InChI=1S/C30H28O4P/c1-3-32-27-20-25-26(21-28(27)33-4-2)30(34-29(25)31)35(22-14-8-5-9-15-22,23-16-10-6-11-17-23)24-18-12-7-13-19-24/h5-21,30H,3-4H2,1-2H3/q+1. The normalized spacial score (nSPS) is 14.8. The summed E-state index contributed by atoms with van der Waals surface area (Å²) in [5.41, 5.74) is 1.38. The molecule has 1 heterocycles. The Labute approximate surface area is 206 Å². The van der Waals surface area contributed by atoms with E-state index >= 15 is 0 Å². The van der Waals surface area contributed by atoms with Crippen LogP contribution in [0.25, 0.3) is 0 Å². The van der Waals surface area contributed by atoms with Crippen molar-refractivity contribution < 1.29 is 19.0 Å². The van der Waals surface area contributed by atoms with Crippen molar-refractivity contribution in [2.75, 3.05) is 13.2 Å². The SMILES string of the molecule is CCOc1cc2c(cc1OCC)C([P+](c1ccccc1)(c1ccccc1)c1ccccc1)OC2=O. The molecule has 0 aliphatic carbocycles. The second-order valence-corrected chi connectivity index (χ2v) is 11.7. The van der Waals surface area contributed by atoms with Crippen molar-refractivity contribution in [1.29, 1.82) is 0 Å². The summed E-state index contributed by atoms with van der Waals surface area (Å²) in [5, 5.41) is 3.44. The summed E-state index contributed by atoms with van der Waals surface area (Å²) in [7, 11) is -2.48. The third-order valence-electron chi connectivity index (χ3n) is 6.26. The zero-order valence-electron chi connectivity index (χ0n) is 19.9. The molecule has 176 valence electrons. The van der Waals surface area contributed by atoms with E-state index in [4.69, 9.17) is 14.2 Å². The van der Waals surface area contributed by atoms with Crippen molar-refractivity contribution in [2.24, 2.45) is 0 Å². The molecule has 0 spiro atoms. The highest BCUT2D eigenvalue weighted by Gasteiger charge is 2.59. The van der Waals surface area contributed by atoms with Crippen molar-refractivity contribution >= 4 is 29.1 Å². The van der Waals surface area contributed by atoms with Crippen LogP contribution in [0.5, 0.6) is 11.5 Å². The summed E-state index contributed by atoms with van der Waals surface area (Å²) in [6, 6.07) is 35.0. The lowest BCUT2D eigenvalue weighted by Gasteiger charge is -2.31. The van der Waals surface area contributed by atoms with Gasteiger partial charge in [0.2, 0.25) is 5.85 Å². The minimum atomic E-state index is -2.48. The number of esters is 1. The molecule has 4 aromatic rings. The van der Waals surface area contributed by atoms with Crippen LogP contribution in [0.2, 0.25) is 0 Å². The Morgan fingerprint density at radius 1 is 0.686 bits per heavy atom. The smallest absolute Gasteiger partial charge is 0.342 e. The number of benzene rings is 4. The number of rotatable bonds is 8. The topological polar surface area (TPSA) is 44.8 Å². The molecule has 0 fully saturated rings. The molecule has 1 aliphatic heterocycles. The first-order valence-electron chi connectivity index (χ1n) is 11.9. The Hall–Kier alpha value is -3.62. The molecular formula is C30H28O4P+. The number of hydrogen-bond donors (Lipinski definition) is 0. The number of carbonyl (C=O) groups excluding carboxylic acids is 1. The fraction of sp³-hybridized carbons (Fsp3) is 0.167. The van der Waals surface area contributed by atoms with Crippen LogP contribution in [0.4, 0.5) is 0 Å². The summed E-state index contributed by atoms with van der Waals surface area (Å²) in [5.74, 6) is 0.366. The second-order valence-electron chi connectivity index (χ2n) is 8.24. The predicted molar refractivity (Wildman–Crippen MR) is 142 cm³/mol. The lowest BCUT2D eigenvalue weighted by molar-refractivity contribution is 0.0514. The van der Waals surface area contributed by atoms with Gasteiger partial charge in [-0.25, -0.2) is 4.79 Å². The molecule has 0 N–H and O–H groups in total. The van der Waals surface area contributed by atoms with E-state index in [1.165, 1.54) is 0 Å². The first kappa shape index (κ1) is 23.1. The van der Waals surface area contributed by atoms with E-state index in [9.17, 15) is 4.79 Å². The van der Waals surface area contributed by atoms with E-state index in [1.807, 2.05) is 38.1 Å². The average Bonchev–Trinajstić information content (AvgIpc) is 3.22. The van der Waals surface area contributed by atoms with Gasteiger partial charge >= 0.3 is 5.97 Å². The van der Waals surface area contributed by atoms with Gasteiger partial charge in [0, 0.05) is 0 Å². The monoisotopic (exact) mass is 483 g/mol. The number of ether oxygens (including phenoxy) is 3. The van der Waals surface area contributed by atoms with Crippen molar-refractivity contribution in [3.05, 3.63) is 114 Å². The molecule has 0 saturated carbocycles. The molecule has 5 heteroatoms. The third-order valence-corrected chi connectivity index (χ3v) is 10.7. The van der Waals surface area contributed by atoms with Crippen LogP contribution in [0.3, 0.4) is 0 Å². The molecule has 0 bridgehead atoms. The van der Waals surface area contributed by atoms with Gasteiger partial charge in [-0.05, 0) is 62.4 Å². The molecule has 0 aromatic heterocycles. The summed E-state index contributed by atoms with van der Waals surface area (Å²) in [6.07, 6.45) is 0. The number of hydrogen-bond acceptors (Lipinski definition) is 4. The van der Waals surface area contributed by atoms with Crippen LogP contribution < -0.4 is 25.4 Å². The zero-order valence-corrected chi connectivity index (χ0v) is 20.8. The highest BCUT2D eigenvalue weighted by atomic mass is 31.2. The van der Waals surface area contributed by atoms with Crippen LogP contribution in [0, 0.1) is 0 Å². The third kappa shape index (κ3) is 3.98. The van der Waals surface area contributed by atoms with E-state index in [2.05, 4.69) is 72.8 Å². The van der Waals surface area contributed by atoms with Crippen molar-refractivity contribution in [3.63, 3.8) is 0 Å². The fourth-order valence-corrected chi connectivity index (χ4v) is 9.37. The van der Waals surface area contributed by atoms with Gasteiger partial charge in [0.25, 0.3) is 0 Å². The maximum Gasteiger partial charge on any atom is 0.342 e. The molecule has 0 radical (unpaired) electrons. The summed E-state index contributed by atoms with van der Waals surface area (Å²) in [4.78, 5) is 13.3. The van der Waals surface area contributed by atoms with Crippen LogP contribution in [0.1, 0.15) is 35.6 Å². The molecule has 5 rings (SSSR count). The molecule has 0 saturated heterocycles. The molecule has 4 nitrogen and oxygen atoms in total. The van der Waals surface area contributed by atoms with Gasteiger partial charge < -0.3 is 14.2 Å². The lowest BCUT2D eigenvalue weighted by Crippen LogP contribution is -2.35. The van der Waals surface area contributed by atoms with Crippen LogP contribution in [-0.2, 0) is 4.74 Å². The van der Waals surface area contributed by atoms with Gasteiger partial charge in [0.15, 0.2) is 18.8 Å². The van der Waals surface area contributed by atoms with Gasteiger partial charge in [-0.1, -0.05) is 54.6 Å². The molecule has 35 heavy (non-hydrogen) atoms. The highest BCUT2D eigenvalue weighted by molar-refractivity contribution is 7.95. The molecule has 1 unspecified atom stereocenters. The second kappa shape index (κ2) is 9.93. The van der Waals surface area contributed by atoms with Crippen molar-refractivity contribution in [3.8, 4) is 11.5 Å². The van der Waals surface area contributed by atoms with Crippen LogP contribution in [0.15, 0.2) is 103 Å². The maximum atomic E-state index is 13.3. The fourth-order valence-electron chi connectivity index (χ4n) is 4.85. The van der Waals surface area contributed by atoms with Gasteiger partial charge in [-0.15, -0.1) is 0 Å². The lowest BCUT2D eigenvalue weighted by atomic mass is 10.1. The van der Waals surface area contributed by atoms with Gasteiger partial charge in [-0.3, -0.25) is 0 Å². The van der Waals surface area contributed by atoms with Crippen molar-refractivity contribution in [2.45, 2.75) is 19.7 Å². The summed E-state index contributed by atoms with van der Waals surface area (Å²) < 4.78 is 18.1. The predicted octanol–water partition coefficient (Wildman–Crippen LogP) is 5.65. The Morgan fingerprint density at radius 3 is 1.54 bits per heavy atom. The molecule has 0 amide bonds. The molecule has 1 atom stereocenters. The first-order chi connectivity index (χ1) is 17.2. The van der Waals surface area contributed by atoms with Gasteiger partial charge in [-0.2, -0.15) is 0 Å². The number of fused-ring (bicyclic) bond motifs is 1. The Balaban J connectivity index is 1.83. The Kier molecular flexibility index (Phi) is 6.57. The van der Waals surface area contributed by atoms with Gasteiger partial charge in [0.1, 0.15) is 15.9 Å². The zero-order chi connectivity index (χ0) is 24.3. The molecule has 4 aromatic carbocycles. The minimum Gasteiger partial charge on any atom is -0.490 e. The summed E-state index contributed by atoms with van der Waals surface area (Å²) >= 11 is 0. The Morgan fingerprint density at radius 2 is 1.11 bits per heavy atom. The van der Waals surface area contributed by atoms with Gasteiger partial charge in [0.05, 0.1) is 24.3 Å². The largest absolute Gasteiger partial charge is 0.490 e. The van der Waals surface area contributed by atoms with E-state index in [-0.39, 0.29) is 5.97 Å². The first-order valence-corrected chi connectivity index (χ1v) is 13.8. The van der Waals surface area contributed by atoms with E-state index in [0.717, 1.165) is 21.5 Å². The van der Waals surface area contributed by atoms with Crippen LogP contribution in [-0.4, -0.2) is 19.2 Å². The summed E-state index contributed by atoms with van der Waals surface area (Å²) in [6.45, 7) is 4.83. The quantitative estimate of drug-likeness (QED) is 0.240. The minimum absolute atomic E-state index is 0.332. The Bertz CT molecular complexity index is 1210. The van der Waals surface area contributed by atoms with E-state index in [1.54, 1.807) is 6.07 Å². The van der Waals surface area contributed by atoms with Crippen LogP contribution >= 0.6 is 7.26 Å². The number of cyclic esters (lactones) is 1. The average molecular weight is 484 g/mol. The van der Waals surface area contributed by atoms with E-state index in [0.29, 0.717) is 30.3 Å². The highest BCUT2D eigenvalue weighted by Crippen LogP contribution is 2.69. The number of carbonyl (C=O) groups is 1. The molecular weight excluding hydrogens is 455 g/mol. The van der Waals surface area contributed by atoms with Crippen molar-refractivity contribution in [1.82, 2.24) is 0 Å². The molecule has 1 aliphatic rings. The maximum absolute atomic E-state index is 13.3.